The predicted octanol–water partition coefficient (Wildman–Crippen LogP) is 0.586. The zero-order valence-electron chi connectivity index (χ0n) is 10.1. The normalized spacial score (nSPS) is 19.8. The molecule has 0 bridgehead atoms. The third kappa shape index (κ3) is 2.77. The van der Waals surface area contributed by atoms with Gasteiger partial charge in [0.05, 0.1) is 4.92 Å². The fourth-order valence-electron chi connectivity index (χ4n) is 2.09. The van der Waals surface area contributed by atoms with E-state index in [1.54, 1.807) is 12.9 Å². The van der Waals surface area contributed by atoms with Gasteiger partial charge in [-0.25, -0.2) is 4.98 Å². The van der Waals surface area contributed by atoms with E-state index in [9.17, 15) is 15.1 Å². The van der Waals surface area contributed by atoms with Crippen LogP contribution in [0.1, 0.15) is 6.42 Å². The third-order valence-corrected chi connectivity index (χ3v) is 3.07. The largest absolute Gasteiger partial charge is 0.437 e. The van der Waals surface area contributed by atoms with Crippen LogP contribution in [-0.2, 0) is 0 Å². The van der Waals surface area contributed by atoms with Crippen LogP contribution in [0.4, 0.5) is 11.5 Å². The molecule has 1 saturated heterocycles. The number of nitrogens with one attached hydrogen (secondary N) is 1. The first-order chi connectivity index (χ1) is 8.58. The molecule has 1 aliphatic heterocycles. The molecule has 1 aliphatic rings. The van der Waals surface area contributed by atoms with E-state index in [1.807, 2.05) is 4.81 Å². The van der Waals surface area contributed by atoms with Gasteiger partial charge in [0.15, 0.2) is 0 Å². The van der Waals surface area contributed by atoms with Crippen LogP contribution in [-0.4, -0.2) is 45.9 Å². The maximum atomic E-state index is 10.8. The number of nitro groups is 1. The minimum atomic E-state index is -0.490. The summed E-state index contributed by atoms with van der Waals surface area (Å²) in [6.07, 6.45) is 2.36. The van der Waals surface area contributed by atoms with Crippen molar-refractivity contribution in [3.63, 3.8) is 0 Å². The van der Waals surface area contributed by atoms with Gasteiger partial charge in [-0.05, 0) is 25.9 Å². The summed E-state index contributed by atoms with van der Waals surface area (Å²) >= 11 is 0. The summed E-state index contributed by atoms with van der Waals surface area (Å²) in [6, 6.07) is 3.05. The molecule has 1 aromatic heterocycles. The minimum absolute atomic E-state index is 0.0204. The maximum absolute atomic E-state index is 10.8. The van der Waals surface area contributed by atoms with Crippen LogP contribution in [0.5, 0.6) is 0 Å². The Kier molecular flexibility index (Phi) is 3.78. The summed E-state index contributed by atoms with van der Waals surface area (Å²) in [4.78, 5) is 16.3. The molecule has 0 amide bonds. The zero-order chi connectivity index (χ0) is 13.1. The fraction of sp³-hybridized carbons (Fsp3) is 0.500. The quantitative estimate of drug-likeness (QED) is 0.461. The second-order valence-corrected chi connectivity index (χ2v) is 4.38. The lowest BCUT2D eigenvalue weighted by molar-refractivity contribution is -0.384. The van der Waals surface area contributed by atoms with Gasteiger partial charge in [-0.3, -0.25) is 10.1 Å². The van der Waals surface area contributed by atoms with Gasteiger partial charge in [0.1, 0.15) is 0 Å². The Balaban J connectivity index is 2.05. The van der Waals surface area contributed by atoms with Gasteiger partial charge < -0.3 is 15.2 Å². The smallest absolute Gasteiger partial charge is 0.376 e. The third-order valence-electron chi connectivity index (χ3n) is 3.07. The van der Waals surface area contributed by atoms with Gasteiger partial charge in [0.25, 0.3) is 0 Å². The van der Waals surface area contributed by atoms with E-state index < -0.39 is 12.0 Å². The highest BCUT2D eigenvalue weighted by Gasteiger charge is 2.28. The van der Waals surface area contributed by atoms with E-state index >= 15 is 0 Å². The van der Waals surface area contributed by atoms with Gasteiger partial charge in [-0.2, -0.15) is 0 Å². The van der Waals surface area contributed by atoms with E-state index in [1.165, 1.54) is 12.3 Å². The molecule has 0 aliphatic carbocycles. The molecule has 2 rings (SSSR count). The van der Waals surface area contributed by atoms with Crippen LogP contribution in [0.25, 0.3) is 0 Å². The lowest BCUT2D eigenvalue weighted by atomic mass is 9.86. The summed E-state index contributed by atoms with van der Waals surface area (Å²) in [5.74, 6) is 0.292. The van der Waals surface area contributed by atoms with E-state index in [-0.39, 0.29) is 11.7 Å². The summed E-state index contributed by atoms with van der Waals surface area (Å²) in [6.45, 7) is 3.15. The Morgan fingerprint density at radius 1 is 1.72 bits per heavy atom. The predicted molar refractivity (Wildman–Crippen MR) is 68.3 cm³/mol. The second kappa shape index (κ2) is 5.32. The van der Waals surface area contributed by atoms with E-state index in [0.29, 0.717) is 12.4 Å². The highest BCUT2D eigenvalue weighted by atomic mass is 16.6. The molecular formula is C10H15BN4O3. The first-order valence-corrected chi connectivity index (χ1v) is 5.86. The van der Waals surface area contributed by atoms with Gasteiger partial charge in [-0.15, -0.1) is 0 Å². The monoisotopic (exact) mass is 250 g/mol. The molecule has 2 N–H and O–H groups in total. The molecule has 2 heterocycles. The molecule has 1 aromatic rings. The van der Waals surface area contributed by atoms with Crippen molar-refractivity contribution in [2.24, 2.45) is 0 Å². The van der Waals surface area contributed by atoms with Crippen LogP contribution < -0.4 is 5.32 Å². The van der Waals surface area contributed by atoms with Crippen molar-refractivity contribution in [2.45, 2.75) is 19.3 Å². The van der Waals surface area contributed by atoms with Crippen molar-refractivity contribution in [1.29, 1.82) is 0 Å². The first kappa shape index (κ1) is 12.8. The van der Waals surface area contributed by atoms with Gasteiger partial charge in [0, 0.05) is 24.8 Å². The summed E-state index contributed by atoms with van der Waals surface area (Å²) in [7, 11) is -0.490. The molecule has 0 spiro atoms. The van der Waals surface area contributed by atoms with Gasteiger partial charge in [-0.1, -0.05) is 0 Å². The number of hydrogen-bond acceptors (Lipinski definition) is 6. The van der Waals surface area contributed by atoms with E-state index in [2.05, 4.69) is 10.3 Å². The molecule has 0 radical (unpaired) electrons. The standard InChI is InChI=1S/C10H15BN4O3/c1-11(16)14-6-4-8(7-14)13-10-9(15(17)18)3-2-5-12-10/h2-3,5,8,16H,4,6-7H2,1H3,(H,12,13). The van der Waals surface area contributed by atoms with Crippen molar-refractivity contribution in [2.75, 3.05) is 18.4 Å². The molecule has 0 aromatic carbocycles. The fourth-order valence-corrected chi connectivity index (χ4v) is 2.09. The highest BCUT2D eigenvalue weighted by molar-refractivity contribution is 6.45. The number of nitrogens with zero attached hydrogens (tertiary/aromatic N) is 3. The SMILES string of the molecule is CB(O)N1CCC(Nc2ncccc2[N+](=O)[O-])C1. The lowest BCUT2D eigenvalue weighted by Gasteiger charge is -2.17. The van der Waals surface area contributed by atoms with E-state index in [4.69, 9.17) is 0 Å². The van der Waals surface area contributed by atoms with Crippen molar-refractivity contribution in [3.05, 3.63) is 28.4 Å². The average Bonchev–Trinajstić information content (AvgIpc) is 2.78. The van der Waals surface area contributed by atoms with E-state index in [0.717, 1.165) is 13.0 Å². The molecular weight excluding hydrogens is 235 g/mol. The second-order valence-electron chi connectivity index (χ2n) is 4.38. The van der Waals surface area contributed by atoms with Crippen LogP contribution in [0.15, 0.2) is 18.3 Å². The maximum Gasteiger partial charge on any atom is 0.376 e. The average molecular weight is 250 g/mol. The number of anilines is 1. The van der Waals surface area contributed by atoms with Gasteiger partial charge in [0.2, 0.25) is 5.82 Å². The van der Waals surface area contributed by atoms with Crippen molar-refractivity contribution in [3.8, 4) is 0 Å². The minimum Gasteiger partial charge on any atom is -0.437 e. The molecule has 7 nitrogen and oxygen atoms in total. The lowest BCUT2D eigenvalue weighted by Crippen LogP contribution is -2.36. The number of pyridine rings is 1. The molecule has 18 heavy (non-hydrogen) atoms. The summed E-state index contributed by atoms with van der Waals surface area (Å²) < 4.78 is 0. The summed E-state index contributed by atoms with van der Waals surface area (Å²) in [5, 5.41) is 23.4. The van der Waals surface area contributed by atoms with Crippen LogP contribution in [0, 0.1) is 10.1 Å². The Hall–Kier alpha value is -1.67. The molecule has 1 fully saturated rings. The molecule has 1 atom stereocenters. The Labute approximate surface area is 105 Å². The van der Waals surface area contributed by atoms with Crippen molar-refractivity contribution in [1.82, 2.24) is 9.79 Å². The Morgan fingerprint density at radius 2 is 2.50 bits per heavy atom. The number of aromatic nitrogens is 1. The zero-order valence-corrected chi connectivity index (χ0v) is 10.1. The Bertz CT molecular complexity index is 443. The first-order valence-electron chi connectivity index (χ1n) is 5.86. The molecule has 0 saturated carbocycles. The molecule has 1 unspecified atom stereocenters. The highest BCUT2D eigenvalue weighted by Crippen LogP contribution is 2.23. The van der Waals surface area contributed by atoms with Crippen molar-refractivity contribution < 1.29 is 9.95 Å². The van der Waals surface area contributed by atoms with Crippen LogP contribution >= 0.6 is 0 Å². The van der Waals surface area contributed by atoms with Crippen LogP contribution in [0.3, 0.4) is 0 Å². The number of hydrogen-bond donors (Lipinski definition) is 2. The summed E-state index contributed by atoms with van der Waals surface area (Å²) in [5.41, 5.74) is -0.0204. The van der Waals surface area contributed by atoms with Crippen molar-refractivity contribution >= 4 is 18.6 Å². The molecule has 96 valence electrons. The Morgan fingerprint density at radius 3 is 3.11 bits per heavy atom. The van der Waals surface area contributed by atoms with Crippen LogP contribution in [0.2, 0.25) is 6.82 Å². The topological polar surface area (TPSA) is 91.5 Å². The number of rotatable bonds is 4. The molecule has 8 heteroatoms. The van der Waals surface area contributed by atoms with Gasteiger partial charge >= 0.3 is 12.7 Å².